The van der Waals surface area contributed by atoms with Crippen molar-refractivity contribution in [2.75, 3.05) is 19.8 Å². The van der Waals surface area contributed by atoms with E-state index in [1.165, 1.54) is 0 Å². The number of nitrogens with one attached hydrogen (secondary N) is 1. The molecule has 1 atom stereocenters. The number of aliphatic hydroxyl groups excluding tert-OH is 1. The quantitative estimate of drug-likeness (QED) is 0.461. The van der Waals surface area contributed by atoms with Gasteiger partial charge in [0.25, 0.3) is 0 Å². The number of benzene rings is 1. The fourth-order valence-electron chi connectivity index (χ4n) is 1.08. The molecule has 0 spiro atoms. The van der Waals surface area contributed by atoms with Gasteiger partial charge in [0.1, 0.15) is 25.1 Å². The van der Waals surface area contributed by atoms with Gasteiger partial charge in [0.2, 0.25) is 5.91 Å². The van der Waals surface area contributed by atoms with Crippen LogP contribution in [0.15, 0.2) is 24.3 Å². The van der Waals surface area contributed by atoms with E-state index in [1.807, 2.05) is 0 Å². The first-order valence-electron chi connectivity index (χ1n) is 5.28. The molecule has 1 aromatic carbocycles. The molecule has 0 radical (unpaired) electrons. The van der Waals surface area contributed by atoms with Crippen LogP contribution < -0.4 is 16.0 Å². The predicted molar refractivity (Wildman–Crippen MR) is 66.1 cm³/mol. The Morgan fingerprint density at radius 2 is 2.22 bits per heavy atom. The standard InChI is InChI=1S/C11H15ClN2O4/c12-9-3-1-2-4-10(9)17-6-8(15)5-14-18-7-11(13)16/h1-4,8,14-15H,5-7H2,(H2,13,16). The Hall–Kier alpha value is -1.34. The minimum atomic E-state index is -0.797. The smallest absolute Gasteiger partial charge is 0.245 e. The van der Waals surface area contributed by atoms with Crippen LogP contribution in [0.4, 0.5) is 0 Å². The number of carbonyl (C=O) groups is 1. The summed E-state index contributed by atoms with van der Waals surface area (Å²) in [6.45, 7) is -0.0908. The number of primary amides is 1. The van der Waals surface area contributed by atoms with Gasteiger partial charge in [-0.2, -0.15) is 5.48 Å². The SMILES string of the molecule is NC(=O)CONCC(O)COc1ccccc1Cl. The van der Waals surface area contributed by atoms with Crippen LogP contribution in [0.2, 0.25) is 5.02 Å². The second-order valence-electron chi connectivity index (χ2n) is 3.50. The average Bonchev–Trinajstić information content (AvgIpc) is 2.33. The van der Waals surface area contributed by atoms with Crippen molar-refractivity contribution in [3.8, 4) is 5.75 Å². The lowest BCUT2D eigenvalue weighted by atomic mass is 10.3. The van der Waals surface area contributed by atoms with E-state index in [4.69, 9.17) is 22.1 Å². The first-order valence-corrected chi connectivity index (χ1v) is 5.65. The van der Waals surface area contributed by atoms with E-state index < -0.39 is 12.0 Å². The van der Waals surface area contributed by atoms with Crippen molar-refractivity contribution in [2.45, 2.75) is 6.10 Å². The molecule has 0 saturated carbocycles. The molecule has 1 amide bonds. The molecule has 0 saturated heterocycles. The summed E-state index contributed by atoms with van der Waals surface area (Å²) in [7, 11) is 0. The highest BCUT2D eigenvalue weighted by Crippen LogP contribution is 2.22. The molecule has 1 unspecified atom stereocenters. The third kappa shape index (κ3) is 5.83. The summed E-state index contributed by atoms with van der Waals surface area (Å²) in [5.41, 5.74) is 7.26. The zero-order valence-corrected chi connectivity index (χ0v) is 10.4. The van der Waals surface area contributed by atoms with Crippen molar-refractivity contribution in [3.63, 3.8) is 0 Å². The second kappa shape index (κ2) is 7.88. The minimum Gasteiger partial charge on any atom is -0.489 e. The molecular weight excluding hydrogens is 260 g/mol. The van der Waals surface area contributed by atoms with Crippen molar-refractivity contribution in [1.29, 1.82) is 0 Å². The molecule has 0 bridgehead atoms. The highest BCUT2D eigenvalue weighted by Gasteiger charge is 2.07. The largest absolute Gasteiger partial charge is 0.489 e. The Labute approximate surface area is 110 Å². The molecule has 18 heavy (non-hydrogen) atoms. The minimum absolute atomic E-state index is 0.0522. The summed E-state index contributed by atoms with van der Waals surface area (Å²) in [6, 6.07) is 6.95. The number of hydroxylamine groups is 1. The lowest BCUT2D eigenvalue weighted by Gasteiger charge is -2.13. The van der Waals surface area contributed by atoms with Crippen LogP contribution >= 0.6 is 11.6 Å². The van der Waals surface area contributed by atoms with Gasteiger partial charge >= 0.3 is 0 Å². The van der Waals surface area contributed by atoms with Crippen LogP contribution in [0.3, 0.4) is 0 Å². The number of para-hydroxylation sites is 1. The summed E-state index contributed by atoms with van der Waals surface area (Å²) in [5.74, 6) is -0.0967. The van der Waals surface area contributed by atoms with E-state index in [1.54, 1.807) is 24.3 Å². The number of aliphatic hydroxyl groups is 1. The van der Waals surface area contributed by atoms with Gasteiger partial charge in [-0.25, -0.2) is 0 Å². The van der Waals surface area contributed by atoms with Crippen molar-refractivity contribution in [1.82, 2.24) is 5.48 Å². The van der Waals surface area contributed by atoms with E-state index in [-0.39, 0.29) is 19.8 Å². The van der Waals surface area contributed by atoms with Crippen molar-refractivity contribution in [2.24, 2.45) is 5.73 Å². The van der Waals surface area contributed by atoms with Crippen molar-refractivity contribution >= 4 is 17.5 Å². The van der Waals surface area contributed by atoms with Gasteiger partial charge in [-0.15, -0.1) is 0 Å². The molecule has 0 aliphatic heterocycles. The van der Waals surface area contributed by atoms with Crippen molar-refractivity contribution < 1.29 is 19.5 Å². The summed E-state index contributed by atoms with van der Waals surface area (Å²) < 4.78 is 5.31. The van der Waals surface area contributed by atoms with Gasteiger partial charge in [0.05, 0.1) is 11.6 Å². The van der Waals surface area contributed by atoms with Gasteiger partial charge < -0.3 is 15.6 Å². The van der Waals surface area contributed by atoms with Crippen LogP contribution in [0, 0.1) is 0 Å². The monoisotopic (exact) mass is 274 g/mol. The highest BCUT2D eigenvalue weighted by atomic mass is 35.5. The Kier molecular flexibility index (Phi) is 6.45. The topological polar surface area (TPSA) is 93.8 Å². The van der Waals surface area contributed by atoms with E-state index in [9.17, 15) is 9.90 Å². The maximum atomic E-state index is 10.3. The number of hydrogen-bond acceptors (Lipinski definition) is 5. The van der Waals surface area contributed by atoms with Crippen molar-refractivity contribution in [3.05, 3.63) is 29.3 Å². The summed E-state index contributed by atoms with van der Waals surface area (Å²) in [5, 5.41) is 10.0. The molecule has 0 aromatic heterocycles. The third-order valence-electron chi connectivity index (χ3n) is 1.90. The van der Waals surface area contributed by atoms with E-state index in [0.717, 1.165) is 0 Å². The predicted octanol–water partition coefficient (Wildman–Crippen LogP) is 0.0862. The molecule has 6 nitrogen and oxygen atoms in total. The van der Waals surface area contributed by atoms with Crippen LogP contribution in [0.1, 0.15) is 0 Å². The van der Waals surface area contributed by atoms with Gasteiger partial charge in [-0.1, -0.05) is 23.7 Å². The molecule has 0 fully saturated rings. The molecule has 0 aliphatic rings. The Morgan fingerprint density at radius 3 is 2.89 bits per heavy atom. The summed E-state index contributed by atoms with van der Waals surface area (Å²) in [6.07, 6.45) is -0.797. The Morgan fingerprint density at radius 1 is 1.50 bits per heavy atom. The maximum Gasteiger partial charge on any atom is 0.245 e. The zero-order chi connectivity index (χ0) is 13.4. The zero-order valence-electron chi connectivity index (χ0n) is 9.64. The molecule has 0 aliphatic carbocycles. The molecule has 100 valence electrons. The molecule has 1 rings (SSSR count). The second-order valence-corrected chi connectivity index (χ2v) is 3.91. The molecule has 7 heteroatoms. The van der Waals surface area contributed by atoms with Crippen LogP contribution in [-0.4, -0.2) is 36.9 Å². The molecule has 4 N–H and O–H groups in total. The normalized spacial score (nSPS) is 12.1. The highest BCUT2D eigenvalue weighted by molar-refractivity contribution is 6.32. The molecular formula is C11H15ClN2O4. The van der Waals surface area contributed by atoms with E-state index in [2.05, 4.69) is 10.3 Å². The number of hydrogen-bond donors (Lipinski definition) is 3. The molecule has 1 aromatic rings. The number of amides is 1. The lowest BCUT2D eigenvalue weighted by molar-refractivity contribution is -0.125. The van der Waals surface area contributed by atoms with Gasteiger partial charge in [0, 0.05) is 0 Å². The summed E-state index contributed by atoms with van der Waals surface area (Å²) in [4.78, 5) is 15.0. The van der Waals surface area contributed by atoms with E-state index in [0.29, 0.717) is 10.8 Å². The number of rotatable bonds is 8. The third-order valence-corrected chi connectivity index (χ3v) is 2.22. The van der Waals surface area contributed by atoms with E-state index >= 15 is 0 Å². The first kappa shape index (κ1) is 14.7. The fourth-order valence-corrected chi connectivity index (χ4v) is 1.27. The van der Waals surface area contributed by atoms with Gasteiger partial charge in [-0.3, -0.25) is 9.63 Å². The maximum absolute atomic E-state index is 10.3. The number of carbonyl (C=O) groups excluding carboxylic acids is 1. The Balaban J connectivity index is 2.19. The Bertz CT molecular complexity index is 389. The number of ether oxygens (including phenoxy) is 1. The number of halogens is 1. The fraction of sp³-hybridized carbons (Fsp3) is 0.364. The molecule has 0 heterocycles. The first-order chi connectivity index (χ1) is 8.59. The van der Waals surface area contributed by atoms with Gasteiger partial charge in [0.15, 0.2) is 0 Å². The lowest BCUT2D eigenvalue weighted by Crippen LogP contribution is -2.33. The average molecular weight is 275 g/mol. The van der Waals surface area contributed by atoms with Crippen LogP contribution in [-0.2, 0) is 9.63 Å². The van der Waals surface area contributed by atoms with Crippen LogP contribution in [0.5, 0.6) is 5.75 Å². The van der Waals surface area contributed by atoms with Crippen LogP contribution in [0.25, 0.3) is 0 Å². The summed E-state index contributed by atoms with van der Waals surface area (Å²) >= 11 is 5.87. The number of nitrogens with two attached hydrogens (primary N) is 1. The van der Waals surface area contributed by atoms with Gasteiger partial charge in [-0.05, 0) is 12.1 Å².